The molecule has 1 fully saturated rings. The lowest BCUT2D eigenvalue weighted by Gasteiger charge is -2.34. The molecule has 3 rings (SSSR count). The van der Waals surface area contributed by atoms with E-state index in [0.29, 0.717) is 35.2 Å². The van der Waals surface area contributed by atoms with Gasteiger partial charge in [0.1, 0.15) is 18.0 Å². The number of nitrogens with zero attached hydrogens (tertiary/aromatic N) is 1. The summed E-state index contributed by atoms with van der Waals surface area (Å²) in [5.41, 5.74) is 0.940. The highest BCUT2D eigenvalue weighted by Crippen LogP contribution is 2.40. The lowest BCUT2D eigenvalue weighted by atomic mass is 9.88. The molecule has 0 radical (unpaired) electrons. The van der Waals surface area contributed by atoms with E-state index < -0.39 is 11.4 Å². The Morgan fingerprint density at radius 2 is 1.90 bits per heavy atom. The first kappa shape index (κ1) is 23.2. The normalized spacial score (nSPS) is 15.0. The molecule has 7 heteroatoms. The number of amides is 1. The van der Waals surface area contributed by atoms with E-state index in [4.69, 9.17) is 25.8 Å². The first-order valence-electron chi connectivity index (χ1n) is 10.4. The minimum absolute atomic E-state index is 0.0693. The number of rotatable bonds is 5. The fourth-order valence-corrected chi connectivity index (χ4v) is 3.84. The standard InChI is InChI=1S/C24H29ClFNO4/c1-24(2,3)31-23(28)27-12-10-16(11-13-27)19-6-5-7-21(22(19)29-4)30-15-17-8-9-18(25)14-20(17)26/h5-9,14,16H,10-13,15H2,1-4H3. The Bertz CT molecular complexity index is 920. The average Bonchev–Trinajstić information content (AvgIpc) is 2.71. The predicted octanol–water partition coefficient (Wildman–Crippen LogP) is 6.18. The molecule has 0 bridgehead atoms. The zero-order valence-electron chi connectivity index (χ0n) is 18.4. The maximum absolute atomic E-state index is 14.1. The number of methoxy groups -OCH3 is 1. The Kier molecular flexibility index (Phi) is 7.31. The van der Waals surface area contributed by atoms with E-state index in [1.165, 1.54) is 6.07 Å². The number of ether oxygens (including phenoxy) is 3. The van der Waals surface area contributed by atoms with E-state index in [1.807, 2.05) is 39.0 Å². The van der Waals surface area contributed by atoms with Gasteiger partial charge in [-0.15, -0.1) is 0 Å². The summed E-state index contributed by atoms with van der Waals surface area (Å²) in [6.45, 7) is 6.89. The van der Waals surface area contributed by atoms with Crippen molar-refractivity contribution < 1.29 is 23.4 Å². The Hall–Kier alpha value is -2.47. The lowest BCUT2D eigenvalue weighted by Crippen LogP contribution is -2.41. The van der Waals surface area contributed by atoms with Gasteiger partial charge in [0, 0.05) is 29.2 Å². The summed E-state index contributed by atoms with van der Waals surface area (Å²) < 4.78 is 31.1. The summed E-state index contributed by atoms with van der Waals surface area (Å²) in [7, 11) is 1.60. The number of carbonyl (C=O) groups excluding carboxylic acids is 1. The molecule has 0 aromatic heterocycles. The van der Waals surface area contributed by atoms with Crippen LogP contribution in [0.5, 0.6) is 11.5 Å². The van der Waals surface area contributed by atoms with Crippen LogP contribution in [0.25, 0.3) is 0 Å². The summed E-state index contributed by atoms with van der Waals surface area (Å²) in [6, 6.07) is 10.3. The Labute approximate surface area is 188 Å². The van der Waals surface area contributed by atoms with E-state index in [0.717, 1.165) is 18.4 Å². The highest BCUT2D eigenvalue weighted by molar-refractivity contribution is 6.30. The molecule has 1 saturated heterocycles. The van der Waals surface area contributed by atoms with Crippen LogP contribution in [0.15, 0.2) is 36.4 Å². The van der Waals surface area contributed by atoms with Gasteiger partial charge in [0.25, 0.3) is 0 Å². The fraction of sp³-hybridized carbons (Fsp3) is 0.458. The van der Waals surface area contributed by atoms with Crippen LogP contribution in [-0.2, 0) is 11.3 Å². The smallest absolute Gasteiger partial charge is 0.410 e. The van der Waals surface area contributed by atoms with E-state index >= 15 is 0 Å². The second kappa shape index (κ2) is 9.77. The zero-order chi connectivity index (χ0) is 22.6. The second-order valence-corrected chi connectivity index (χ2v) is 9.08. The van der Waals surface area contributed by atoms with Crippen molar-refractivity contribution in [2.24, 2.45) is 0 Å². The van der Waals surface area contributed by atoms with Crippen molar-refractivity contribution in [2.75, 3.05) is 20.2 Å². The number of halogens is 2. The van der Waals surface area contributed by atoms with Crippen molar-refractivity contribution in [3.8, 4) is 11.5 Å². The zero-order valence-corrected chi connectivity index (χ0v) is 19.2. The first-order valence-corrected chi connectivity index (χ1v) is 10.8. The fourth-order valence-electron chi connectivity index (χ4n) is 3.68. The van der Waals surface area contributed by atoms with Crippen molar-refractivity contribution in [2.45, 2.75) is 51.7 Å². The van der Waals surface area contributed by atoms with Gasteiger partial charge in [-0.3, -0.25) is 0 Å². The molecule has 2 aromatic rings. The Balaban J connectivity index is 1.68. The average molecular weight is 450 g/mol. The summed E-state index contributed by atoms with van der Waals surface area (Å²) in [5, 5.41) is 0.346. The van der Waals surface area contributed by atoms with Crippen molar-refractivity contribution in [3.05, 3.63) is 58.4 Å². The molecule has 2 aromatic carbocycles. The molecule has 1 aliphatic rings. The minimum atomic E-state index is -0.508. The molecule has 168 valence electrons. The van der Waals surface area contributed by atoms with Crippen LogP contribution in [0, 0.1) is 5.82 Å². The van der Waals surface area contributed by atoms with Crippen molar-refractivity contribution >= 4 is 17.7 Å². The molecule has 1 heterocycles. The number of carbonyl (C=O) groups is 1. The molecular weight excluding hydrogens is 421 g/mol. The Morgan fingerprint density at radius 3 is 2.52 bits per heavy atom. The third kappa shape index (κ3) is 6.03. The van der Waals surface area contributed by atoms with Crippen molar-refractivity contribution in [1.82, 2.24) is 4.90 Å². The second-order valence-electron chi connectivity index (χ2n) is 8.64. The largest absolute Gasteiger partial charge is 0.493 e. The molecule has 0 atom stereocenters. The van der Waals surface area contributed by atoms with Crippen molar-refractivity contribution in [3.63, 3.8) is 0 Å². The number of para-hydroxylation sites is 1. The predicted molar refractivity (Wildman–Crippen MR) is 119 cm³/mol. The topological polar surface area (TPSA) is 48.0 Å². The molecule has 0 spiro atoms. The number of piperidine rings is 1. The number of hydrogen-bond donors (Lipinski definition) is 0. The summed E-state index contributed by atoms with van der Waals surface area (Å²) >= 11 is 5.82. The van der Waals surface area contributed by atoms with Crippen LogP contribution in [0.3, 0.4) is 0 Å². The van der Waals surface area contributed by atoms with E-state index in [2.05, 4.69) is 0 Å². The third-order valence-electron chi connectivity index (χ3n) is 5.20. The van der Waals surface area contributed by atoms with Crippen LogP contribution in [0.2, 0.25) is 5.02 Å². The van der Waals surface area contributed by atoms with Crippen molar-refractivity contribution in [1.29, 1.82) is 0 Å². The molecule has 0 N–H and O–H groups in total. The van der Waals surface area contributed by atoms with E-state index in [9.17, 15) is 9.18 Å². The van der Waals surface area contributed by atoms with E-state index in [-0.39, 0.29) is 18.6 Å². The maximum Gasteiger partial charge on any atom is 0.410 e. The molecule has 0 saturated carbocycles. The van der Waals surface area contributed by atoms with Crippen LogP contribution < -0.4 is 9.47 Å². The van der Waals surface area contributed by atoms with Gasteiger partial charge in [-0.2, -0.15) is 0 Å². The van der Waals surface area contributed by atoms with Gasteiger partial charge < -0.3 is 19.1 Å². The van der Waals surface area contributed by atoms with Crippen LogP contribution >= 0.6 is 11.6 Å². The van der Waals surface area contributed by atoms with Gasteiger partial charge >= 0.3 is 6.09 Å². The highest BCUT2D eigenvalue weighted by atomic mass is 35.5. The molecule has 1 aliphatic heterocycles. The SMILES string of the molecule is COc1c(OCc2ccc(Cl)cc2F)cccc1C1CCN(C(=O)OC(C)(C)C)CC1. The molecule has 0 aliphatic carbocycles. The van der Waals surface area contributed by atoms with E-state index in [1.54, 1.807) is 24.1 Å². The summed E-state index contributed by atoms with van der Waals surface area (Å²) in [4.78, 5) is 14.1. The first-order chi connectivity index (χ1) is 14.7. The van der Waals surface area contributed by atoms with Gasteiger partial charge in [-0.25, -0.2) is 9.18 Å². The third-order valence-corrected chi connectivity index (χ3v) is 5.43. The van der Waals surface area contributed by atoms with Gasteiger partial charge in [-0.05, 0) is 57.7 Å². The Morgan fingerprint density at radius 1 is 1.19 bits per heavy atom. The quantitative estimate of drug-likeness (QED) is 0.546. The van der Waals surface area contributed by atoms with Crippen LogP contribution in [0.1, 0.15) is 50.7 Å². The molecule has 31 heavy (non-hydrogen) atoms. The monoisotopic (exact) mass is 449 g/mol. The van der Waals surface area contributed by atoms with Gasteiger partial charge in [0.05, 0.1) is 7.11 Å². The summed E-state index contributed by atoms with van der Waals surface area (Å²) in [6.07, 6.45) is 1.32. The minimum Gasteiger partial charge on any atom is -0.493 e. The lowest BCUT2D eigenvalue weighted by molar-refractivity contribution is 0.0204. The molecular formula is C24H29ClFNO4. The highest BCUT2D eigenvalue weighted by Gasteiger charge is 2.29. The number of hydrogen-bond acceptors (Lipinski definition) is 4. The van der Waals surface area contributed by atoms with Crippen LogP contribution in [0.4, 0.5) is 9.18 Å². The van der Waals surface area contributed by atoms with Gasteiger partial charge in [-0.1, -0.05) is 29.8 Å². The summed E-state index contributed by atoms with van der Waals surface area (Å²) in [5.74, 6) is 1.03. The van der Waals surface area contributed by atoms with Gasteiger partial charge in [0.15, 0.2) is 11.5 Å². The number of benzene rings is 2. The molecule has 0 unspecified atom stereocenters. The molecule has 5 nitrogen and oxygen atoms in total. The maximum atomic E-state index is 14.1. The number of likely N-dealkylation sites (tertiary alicyclic amines) is 1. The molecule has 1 amide bonds. The van der Waals surface area contributed by atoms with Crippen LogP contribution in [-0.4, -0.2) is 36.8 Å². The van der Waals surface area contributed by atoms with Gasteiger partial charge in [0.2, 0.25) is 0 Å².